The number of H-pyrrole nitrogens is 2. The number of aromatic amines is 2. The van der Waals surface area contributed by atoms with Crippen LogP contribution in [0.15, 0.2) is 211 Å². The van der Waals surface area contributed by atoms with Crippen LogP contribution in [-0.2, 0) is 25.7 Å². The first-order valence-corrected chi connectivity index (χ1v) is 29.9. The smallest absolute Gasteiger partial charge is 0.158 e. The van der Waals surface area contributed by atoms with Crippen LogP contribution in [0.3, 0.4) is 0 Å². The van der Waals surface area contributed by atoms with E-state index in [0.717, 1.165) is 71.0 Å². The highest BCUT2D eigenvalue weighted by Gasteiger charge is 2.06. The quantitative estimate of drug-likeness (QED) is 0.144. The van der Waals surface area contributed by atoms with E-state index >= 15 is 0 Å². The van der Waals surface area contributed by atoms with Crippen molar-refractivity contribution in [2.45, 2.75) is 150 Å². The summed E-state index contributed by atoms with van der Waals surface area (Å²) in [5, 5.41) is 1.20. The van der Waals surface area contributed by atoms with Crippen LogP contribution < -0.4 is 0 Å². The number of rotatable bonds is 0. The van der Waals surface area contributed by atoms with Gasteiger partial charge in [-0.05, 0) is 42.0 Å². The van der Waals surface area contributed by atoms with E-state index in [1.807, 2.05) is 223 Å². The molecule has 0 radical (unpaired) electrons. The Kier molecular flexibility index (Phi) is 65.3. The molecule has 19 nitrogen and oxygen atoms in total. The van der Waals surface area contributed by atoms with Gasteiger partial charge in [-0.3, -0.25) is 9.98 Å². The van der Waals surface area contributed by atoms with Gasteiger partial charge in [0.15, 0.2) is 17.5 Å². The summed E-state index contributed by atoms with van der Waals surface area (Å²) in [6, 6.07) is 26.0. The van der Waals surface area contributed by atoms with Gasteiger partial charge in [-0.1, -0.05) is 167 Å². The number of fused-ring (bicyclic) bond motifs is 5. The summed E-state index contributed by atoms with van der Waals surface area (Å²) in [5.74, 6) is 2.47. The minimum absolute atomic E-state index is 0.824. The number of hydrogen-bond donors (Lipinski definition) is 2. The highest BCUT2D eigenvalue weighted by molar-refractivity contribution is 5.78. The van der Waals surface area contributed by atoms with Crippen molar-refractivity contribution in [2.75, 3.05) is 0 Å². The zero-order chi connectivity index (χ0) is 64.8. The van der Waals surface area contributed by atoms with Crippen molar-refractivity contribution in [3.63, 3.8) is 0 Å². The number of nitrogens with zero attached hydrogens (tertiary/aromatic N) is 17. The maximum atomic E-state index is 4.18. The van der Waals surface area contributed by atoms with E-state index < -0.39 is 0 Å². The van der Waals surface area contributed by atoms with Gasteiger partial charge in [-0.25, -0.2) is 74.8 Å². The van der Waals surface area contributed by atoms with Gasteiger partial charge in [0.25, 0.3) is 0 Å². The lowest BCUT2D eigenvalue weighted by Crippen LogP contribution is -1.82. The molecule has 8 aromatic heterocycles. The predicted molar refractivity (Wildman–Crippen MR) is 365 cm³/mol. The number of aliphatic imine (C=N–C) groups is 4. The van der Waals surface area contributed by atoms with Gasteiger partial charge in [0, 0.05) is 135 Å². The van der Waals surface area contributed by atoms with Gasteiger partial charge < -0.3 is 9.97 Å². The standard InChI is InChI=1S/C9H7N.C8H7N.3C6H5N3.C4H4N2.C4H5N.C3H3N3.C3H4N2.9C2H6/c1-2-6-9-8(4-1)5-3-7-10-9;1-2-4-8-7(3-1)5-6-9-8;3*1-2-8-6-5(1)3-7-4-9-6;1-2-5-4-6-3-1;1-2-4-5-3-1;1-4-2-6-3-5-1;1-2-5-3-4-1;9*1-2/h1-7H;1-4,6H,5H2;3*2-4H,1H2;1-4H;1-5H;1-3H;1-3H,(H,4,5);9*1-2H3. The van der Waals surface area contributed by atoms with Crippen LogP contribution >= 0.6 is 0 Å². The Morgan fingerprint density at radius 1 is 0.291 bits per heavy atom. The zero-order valence-corrected chi connectivity index (χ0v) is 54.6. The maximum Gasteiger partial charge on any atom is 0.158 e. The normalized spacial score (nSPS) is 9.60. The molecule has 0 spiro atoms. The highest BCUT2D eigenvalue weighted by Crippen LogP contribution is 2.22. The van der Waals surface area contributed by atoms with Crippen molar-refractivity contribution in [3.8, 4) is 0 Å². The van der Waals surface area contributed by atoms with Gasteiger partial charge in [-0.15, -0.1) is 0 Å². The number of benzene rings is 2. The van der Waals surface area contributed by atoms with Crippen molar-refractivity contribution in [1.29, 1.82) is 0 Å². The van der Waals surface area contributed by atoms with Crippen molar-refractivity contribution < 1.29 is 0 Å². The zero-order valence-electron chi connectivity index (χ0n) is 54.6. The highest BCUT2D eigenvalue weighted by atomic mass is 15.0. The monoisotopic (exact) mass is 1170 g/mol. The summed E-state index contributed by atoms with van der Waals surface area (Å²) >= 11 is 0. The fourth-order valence-electron chi connectivity index (χ4n) is 5.55. The first-order valence-electron chi connectivity index (χ1n) is 29.9. The number of aromatic nitrogens is 15. The first kappa shape index (κ1) is 82.8. The van der Waals surface area contributed by atoms with Gasteiger partial charge in [0.05, 0.1) is 17.5 Å². The summed E-state index contributed by atoms with van der Waals surface area (Å²) < 4.78 is 0. The molecular weight excluding hydrogens is 1070 g/mol. The molecule has 0 fully saturated rings. The molecule has 19 heteroatoms. The molecule has 0 unspecified atom stereocenters. The Balaban J connectivity index is -0.000000428. The summed E-state index contributed by atoms with van der Waals surface area (Å²) in [6.07, 6.45) is 40.9. The molecule has 4 aliphatic rings. The molecule has 0 bridgehead atoms. The predicted octanol–water partition coefficient (Wildman–Crippen LogP) is 17.4. The lowest BCUT2D eigenvalue weighted by molar-refractivity contribution is 1.05. The van der Waals surface area contributed by atoms with Crippen LogP contribution in [0, 0.1) is 0 Å². The third-order valence-electron chi connectivity index (χ3n) is 8.69. The Morgan fingerprint density at radius 3 is 1.03 bits per heavy atom. The van der Waals surface area contributed by atoms with Crippen molar-refractivity contribution in [2.24, 2.45) is 20.0 Å². The van der Waals surface area contributed by atoms with E-state index in [1.165, 1.54) is 55.2 Å². The van der Waals surface area contributed by atoms with Gasteiger partial charge >= 0.3 is 0 Å². The summed E-state index contributed by atoms with van der Waals surface area (Å²) in [7, 11) is 0. The van der Waals surface area contributed by atoms with E-state index in [0.29, 0.717) is 0 Å². The summed E-state index contributed by atoms with van der Waals surface area (Å²) in [6.45, 7) is 36.0. The topological polar surface area (TPSA) is 249 Å². The van der Waals surface area contributed by atoms with Crippen LogP contribution in [-0.4, -0.2) is 99.6 Å². The largest absolute Gasteiger partial charge is 0.368 e. The Bertz CT molecular complexity index is 2560. The van der Waals surface area contributed by atoms with Crippen molar-refractivity contribution in [1.82, 2.24) is 74.8 Å². The molecule has 10 aromatic rings. The van der Waals surface area contributed by atoms with Crippen LogP contribution in [0.5, 0.6) is 0 Å². The number of nitrogens with one attached hydrogen (secondary N) is 2. The average Bonchev–Trinajstić information content (AvgIpc) is 4.68. The molecular formula is C67H99N19. The maximum absolute atomic E-state index is 4.18. The van der Waals surface area contributed by atoms with Crippen molar-refractivity contribution in [3.05, 3.63) is 214 Å². The third kappa shape index (κ3) is 41.4. The summed E-state index contributed by atoms with van der Waals surface area (Å²) in [5.41, 5.74) is 6.91. The molecule has 0 saturated heterocycles. The van der Waals surface area contributed by atoms with Gasteiger partial charge in [0.1, 0.15) is 44.3 Å². The molecule has 86 heavy (non-hydrogen) atoms. The van der Waals surface area contributed by atoms with Crippen LogP contribution in [0.4, 0.5) is 23.1 Å². The van der Waals surface area contributed by atoms with Crippen LogP contribution in [0.25, 0.3) is 10.9 Å². The number of pyridine rings is 1. The van der Waals surface area contributed by atoms with Gasteiger partial charge in [0.2, 0.25) is 0 Å². The summed E-state index contributed by atoms with van der Waals surface area (Å²) in [4.78, 5) is 71.2. The lowest BCUT2D eigenvalue weighted by atomic mass is 10.2. The molecule has 12 heterocycles. The van der Waals surface area contributed by atoms with E-state index in [9.17, 15) is 0 Å². The Morgan fingerprint density at radius 2 is 0.698 bits per heavy atom. The first-order chi connectivity index (χ1) is 42.8. The minimum atomic E-state index is 0.824. The molecule has 0 saturated carbocycles. The van der Waals surface area contributed by atoms with Gasteiger partial charge in [-0.2, -0.15) is 0 Å². The van der Waals surface area contributed by atoms with E-state index in [4.69, 9.17) is 0 Å². The molecule has 462 valence electrons. The number of para-hydroxylation sites is 2. The molecule has 4 aliphatic heterocycles. The van der Waals surface area contributed by atoms with E-state index in [2.05, 4.69) is 113 Å². The lowest BCUT2D eigenvalue weighted by Gasteiger charge is -1.91. The molecule has 0 atom stereocenters. The second kappa shape index (κ2) is 67.9. The molecule has 2 aromatic carbocycles. The van der Waals surface area contributed by atoms with Crippen molar-refractivity contribution >= 4 is 58.9 Å². The SMILES string of the molecule is C1=Nc2ccccc2C1.C1=Nc2ncncc2C1.C1=Nc2ncncc2C1.C1=Nc2ncncc2C1.CC.CC.CC.CC.CC.CC.CC.CC.CC.c1c[nH]cn1.c1cc[nH]c1.c1ccc2ncccc2c1.c1cncnc1.c1ncncn1. The minimum Gasteiger partial charge on any atom is -0.368 e. The molecule has 0 aliphatic carbocycles. The molecule has 14 rings (SSSR count). The Labute approximate surface area is 515 Å². The average molecular weight is 1170 g/mol. The van der Waals surface area contributed by atoms with E-state index in [-0.39, 0.29) is 0 Å². The molecule has 2 N–H and O–H groups in total. The second-order valence-electron chi connectivity index (χ2n) is 13.3. The Hall–Kier alpha value is -9.65. The molecule has 0 amide bonds. The number of hydrogen-bond acceptors (Lipinski definition) is 17. The fraction of sp³-hybridized carbons (Fsp3) is 0.328. The van der Waals surface area contributed by atoms with E-state index in [1.54, 1.807) is 55.8 Å². The van der Waals surface area contributed by atoms with Crippen LogP contribution in [0.2, 0.25) is 0 Å². The fourth-order valence-corrected chi connectivity index (χ4v) is 5.55. The third-order valence-corrected chi connectivity index (χ3v) is 8.69. The number of imidazole rings is 1. The second-order valence-corrected chi connectivity index (χ2v) is 13.3. The van der Waals surface area contributed by atoms with Crippen LogP contribution in [0.1, 0.15) is 147 Å².